The monoisotopic (exact) mass is 351 g/mol. The van der Waals surface area contributed by atoms with Crippen molar-refractivity contribution in [2.75, 3.05) is 7.11 Å². The number of H-pyrrole nitrogens is 1. The summed E-state index contributed by atoms with van der Waals surface area (Å²) in [5.41, 5.74) is 2.78. The molecule has 6 nitrogen and oxygen atoms in total. The van der Waals surface area contributed by atoms with Crippen LogP contribution in [-0.2, 0) is 27.2 Å². The minimum absolute atomic E-state index is 0.211. The molecule has 0 aliphatic carbocycles. The average molecular weight is 351 g/mol. The molecule has 0 fully saturated rings. The van der Waals surface area contributed by atoms with E-state index in [-0.39, 0.29) is 12.3 Å². The average Bonchev–Trinajstić information content (AvgIpc) is 3.09. The van der Waals surface area contributed by atoms with Crippen molar-refractivity contribution in [2.45, 2.75) is 25.3 Å². The fourth-order valence-corrected chi connectivity index (χ4v) is 2.81. The van der Waals surface area contributed by atoms with E-state index in [1.54, 1.807) is 0 Å². The minimum Gasteiger partial charge on any atom is -0.467 e. The molecule has 2 N–H and O–H groups in total. The number of para-hydroxylation sites is 2. The number of benzene rings is 2. The molecular formula is C20H21N3O3. The van der Waals surface area contributed by atoms with Crippen LogP contribution in [-0.4, -0.2) is 35.0 Å². The summed E-state index contributed by atoms with van der Waals surface area (Å²) < 4.78 is 4.82. The second kappa shape index (κ2) is 8.29. The summed E-state index contributed by atoms with van der Waals surface area (Å²) in [6, 6.07) is 16.5. The molecule has 0 spiro atoms. The molecule has 3 aromatic rings. The molecule has 0 radical (unpaired) electrons. The highest BCUT2D eigenvalue weighted by Crippen LogP contribution is 2.11. The Bertz CT molecular complexity index is 856. The number of aromatic nitrogens is 2. The fourth-order valence-electron chi connectivity index (χ4n) is 2.81. The largest absolute Gasteiger partial charge is 0.467 e. The van der Waals surface area contributed by atoms with Crippen LogP contribution in [0.2, 0.25) is 0 Å². The Balaban J connectivity index is 1.59. The van der Waals surface area contributed by atoms with E-state index in [0.29, 0.717) is 12.8 Å². The summed E-state index contributed by atoms with van der Waals surface area (Å²) in [7, 11) is 1.32. The number of imidazole rings is 1. The quantitative estimate of drug-likeness (QED) is 0.640. The zero-order valence-electron chi connectivity index (χ0n) is 14.6. The molecule has 1 amide bonds. The maximum atomic E-state index is 12.3. The molecule has 0 aliphatic heterocycles. The summed E-state index contributed by atoms with van der Waals surface area (Å²) >= 11 is 0. The highest BCUT2D eigenvalue weighted by Gasteiger charge is 2.22. The summed E-state index contributed by atoms with van der Waals surface area (Å²) in [4.78, 5) is 31.9. The Kier molecular flexibility index (Phi) is 5.63. The third-order valence-corrected chi connectivity index (χ3v) is 4.13. The third-order valence-electron chi connectivity index (χ3n) is 4.13. The van der Waals surface area contributed by atoms with Crippen LogP contribution in [0, 0.1) is 0 Å². The Morgan fingerprint density at radius 3 is 2.58 bits per heavy atom. The molecule has 2 aromatic carbocycles. The molecule has 134 valence electrons. The van der Waals surface area contributed by atoms with Crippen LogP contribution in [0.25, 0.3) is 11.0 Å². The van der Waals surface area contributed by atoms with Crippen molar-refractivity contribution in [3.8, 4) is 0 Å². The van der Waals surface area contributed by atoms with Crippen LogP contribution < -0.4 is 5.32 Å². The van der Waals surface area contributed by atoms with E-state index >= 15 is 0 Å². The van der Waals surface area contributed by atoms with Crippen LogP contribution >= 0.6 is 0 Å². The van der Waals surface area contributed by atoms with E-state index < -0.39 is 12.0 Å². The Hall–Kier alpha value is -3.15. The number of carbonyl (C=O) groups is 2. The number of methoxy groups -OCH3 is 1. The van der Waals surface area contributed by atoms with E-state index in [1.807, 2.05) is 54.6 Å². The Morgan fingerprint density at radius 2 is 1.85 bits per heavy atom. The number of carbonyl (C=O) groups excluding carboxylic acids is 2. The van der Waals surface area contributed by atoms with Gasteiger partial charge in [0.1, 0.15) is 11.9 Å². The summed E-state index contributed by atoms with van der Waals surface area (Å²) in [6.07, 6.45) is 1.10. The van der Waals surface area contributed by atoms with Gasteiger partial charge in [0, 0.05) is 19.3 Å². The molecule has 0 aliphatic rings. The van der Waals surface area contributed by atoms with Gasteiger partial charge in [0.15, 0.2) is 0 Å². The number of hydrogen-bond acceptors (Lipinski definition) is 4. The maximum Gasteiger partial charge on any atom is 0.328 e. The number of ether oxygens (including phenoxy) is 1. The van der Waals surface area contributed by atoms with Crippen molar-refractivity contribution in [1.29, 1.82) is 0 Å². The summed E-state index contributed by atoms with van der Waals surface area (Å²) in [5, 5.41) is 2.77. The zero-order chi connectivity index (χ0) is 18.4. The van der Waals surface area contributed by atoms with Gasteiger partial charge in [-0.05, 0) is 17.7 Å². The number of aromatic amines is 1. The normalized spacial score (nSPS) is 11.9. The second-order valence-corrected chi connectivity index (χ2v) is 6.03. The van der Waals surface area contributed by atoms with E-state index in [0.717, 1.165) is 22.4 Å². The minimum atomic E-state index is -0.703. The number of nitrogens with one attached hydrogen (secondary N) is 2. The number of fused-ring (bicyclic) bond motifs is 1. The van der Waals surface area contributed by atoms with Crippen molar-refractivity contribution in [3.05, 3.63) is 66.0 Å². The van der Waals surface area contributed by atoms with Gasteiger partial charge in [-0.2, -0.15) is 0 Å². The summed E-state index contributed by atoms with van der Waals surface area (Å²) in [5.74, 6) is 0.0850. The molecule has 1 aromatic heterocycles. The van der Waals surface area contributed by atoms with Gasteiger partial charge in [0.2, 0.25) is 5.91 Å². The standard InChI is InChI=1S/C20H21N3O3/c1-26-20(25)17(13-14-7-3-2-4-8-14)23-19(24)12-11-18-21-15-9-5-6-10-16(15)22-18/h2-10,17H,11-13H2,1H3,(H,21,22)(H,23,24)/t17-/m0/s1. The number of nitrogens with zero attached hydrogens (tertiary/aromatic N) is 1. The lowest BCUT2D eigenvalue weighted by molar-refractivity contribution is -0.145. The predicted octanol–water partition coefficient (Wildman–Crippen LogP) is 2.40. The van der Waals surface area contributed by atoms with Crippen molar-refractivity contribution >= 4 is 22.9 Å². The topological polar surface area (TPSA) is 84.1 Å². The van der Waals surface area contributed by atoms with Gasteiger partial charge in [-0.3, -0.25) is 4.79 Å². The molecule has 0 saturated carbocycles. The van der Waals surface area contributed by atoms with Gasteiger partial charge in [-0.15, -0.1) is 0 Å². The molecular weight excluding hydrogens is 330 g/mol. The van der Waals surface area contributed by atoms with Crippen LogP contribution in [0.1, 0.15) is 17.8 Å². The van der Waals surface area contributed by atoms with E-state index in [9.17, 15) is 9.59 Å². The molecule has 0 saturated heterocycles. The van der Waals surface area contributed by atoms with Gasteiger partial charge in [0.25, 0.3) is 0 Å². The smallest absolute Gasteiger partial charge is 0.328 e. The molecule has 1 heterocycles. The fraction of sp³-hybridized carbons (Fsp3) is 0.250. The van der Waals surface area contributed by atoms with Crippen LogP contribution in [0.4, 0.5) is 0 Å². The van der Waals surface area contributed by atoms with Crippen LogP contribution in [0.5, 0.6) is 0 Å². The molecule has 0 unspecified atom stereocenters. The van der Waals surface area contributed by atoms with Gasteiger partial charge < -0.3 is 15.0 Å². The second-order valence-electron chi connectivity index (χ2n) is 6.03. The lowest BCUT2D eigenvalue weighted by Gasteiger charge is -2.16. The zero-order valence-corrected chi connectivity index (χ0v) is 14.6. The van der Waals surface area contributed by atoms with E-state index in [4.69, 9.17) is 4.74 Å². The van der Waals surface area contributed by atoms with Crippen molar-refractivity contribution in [1.82, 2.24) is 15.3 Å². The van der Waals surface area contributed by atoms with Gasteiger partial charge in [-0.25, -0.2) is 9.78 Å². The molecule has 6 heteroatoms. The number of amides is 1. The number of hydrogen-bond donors (Lipinski definition) is 2. The lowest BCUT2D eigenvalue weighted by atomic mass is 10.1. The first-order valence-corrected chi connectivity index (χ1v) is 8.50. The summed E-state index contributed by atoms with van der Waals surface area (Å²) in [6.45, 7) is 0. The SMILES string of the molecule is COC(=O)[C@H](Cc1ccccc1)NC(=O)CCc1nc2ccccc2[nH]1. The highest BCUT2D eigenvalue weighted by molar-refractivity contribution is 5.84. The van der Waals surface area contributed by atoms with Crippen molar-refractivity contribution in [2.24, 2.45) is 0 Å². The number of aryl methyl sites for hydroxylation is 1. The van der Waals surface area contributed by atoms with Crippen molar-refractivity contribution < 1.29 is 14.3 Å². The Morgan fingerprint density at radius 1 is 1.12 bits per heavy atom. The number of esters is 1. The van der Waals surface area contributed by atoms with E-state index in [1.165, 1.54) is 7.11 Å². The van der Waals surface area contributed by atoms with Crippen LogP contribution in [0.3, 0.4) is 0 Å². The first-order valence-electron chi connectivity index (χ1n) is 8.50. The number of rotatable bonds is 7. The lowest BCUT2D eigenvalue weighted by Crippen LogP contribution is -2.43. The van der Waals surface area contributed by atoms with Crippen LogP contribution in [0.15, 0.2) is 54.6 Å². The predicted molar refractivity (Wildman–Crippen MR) is 98.5 cm³/mol. The van der Waals surface area contributed by atoms with Gasteiger partial charge >= 0.3 is 5.97 Å². The molecule has 26 heavy (non-hydrogen) atoms. The molecule has 1 atom stereocenters. The van der Waals surface area contributed by atoms with Gasteiger partial charge in [-0.1, -0.05) is 42.5 Å². The first kappa shape index (κ1) is 17.7. The first-order chi connectivity index (χ1) is 12.7. The third kappa shape index (κ3) is 4.47. The Labute approximate surface area is 151 Å². The maximum absolute atomic E-state index is 12.3. The van der Waals surface area contributed by atoms with Crippen molar-refractivity contribution in [3.63, 3.8) is 0 Å². The molecule has 0 bridgehead atoms. The molecule has 3 rings (SSSR count). The van der Waals surface area contributed by atoms with Gasteiger partial charge in [0.05, 0.1) is 18.1 Å². The van der Waals surface area contributed by atoms with E-state index in [2.05, 4.69) is 15.3 Å². The highest BCUT2D eigenvalue weighted by atomic mass is 16.5.